The Balaban J connectivity index is 2.21. The van der Waals surface area contributed by atoms with Crippen molar-refractivity contribution < 1.29 is 22.4 Å². The third kappa shape index (κ3) is 7.43. The molecule has 0 aliphatic carbocycles. The number of sulfonamides is 1. The maximum absolute atomic E-state index is 13.3. The summed E-state index contributed by atoms with van der Waals surface area (Å²) in [5.41, 5.74) is 1.89. The topological polar surface area (TPSA) is 86.8 Å². The van der Waals surface area contributed by atoms with Gasteiger partial charge in [-0.15, -0.1) is 0 Å². The van der Waals surface area contributed by atoms with Crippen LogP contribution in [0.25, 0.3) is 0 Å². The Morgan fingerprint density at radius 3 is 2.35 bits per heavy atom. The van der Waals surface area contributed by atoms with E-state index in [1.807, 2.05) is 0 Å². The number of hydrogen-bond acceptors (Lipinski definition) is 4. The van der Waals surface area contributed by atoms with Crippen molar-refractivity contribution in [3.63, 3.8) is 0 Å². The summed E-state index contributed by atoms with van der Waals surface area (Å²) in [6.45, 7) is 3.80. The number of carbonyl (C=O) groups excluding carboxylic acids is 2. The molecule has 0 saturated heterocycles. The molecule has 1 atom stereocenters. The molecule has 1 unspecified atom stereocenters. The lowest BCUT2D eigenvalue weighted by atomic mass is 10.1. The minimum atomic E-state index is -3.62. The van der Waals surface area contributed by atoms with Gasteiger partial charge in [-0.2, -0.15) is 0 Å². The van der Waals surface area contributed by atoms with E-state index >= 15 is 0 Å². The van der Waals surface area contributed by atoms with E-state index in [0.717, 1.165) is 11.8 Å². The lowest BCUT2D eigenvalue weighted by Crippen LogP contribution is -2.48. The zero-order valence-electron chi connectivity index (χ0n) is 19.8. The molecule has 1 N–H and O–H groups in total. The van der Waals surface area contributed by atoms with Gasteiger partial charge in [-0.05, 0) is 55.2 Å². The Labute approximate surface area is 205 Å². The van der Waals surface area contributed by atoms with Crippen molar-refractivity contribution >= 4 is 39.1 Å². The van der Waals surface area contributed by atoms with Crippen LogP contribution in [-0.4, -0.2) is 51.0 Å². The average molecular weight is 512 g/mol. The Morgan fingerprint density at radius 2 is 1.79 bits per heavy atom. The van der Waals surface area contributed by atoms with Crippen LogP contribution in [0.1, 0.15) is 37.3 Å². The first kappa shape index (κ1) is 27.6. The zero-order valence-corrected chi connectivity index (χ0v) is 21.4. The summed E-state index contributed by atoms with van der Waals surface area (Å²) in [6, 6.07) is 10.0. The van der Waals surface area contributed by atoms with E-state index in [1.54, 1.807) is 44.2 Å². The summed E-state index contributed by atoms with van der Waals surface area (Å²) < 4.78 is 39.5. The lowest BCUT2D eigenvalue weighted by Gasteiger charge is -2.31. The van der Waals surface area contributed by atoms with Crippen molar-refractivity contribution in [2.45, 2.75) is 45.7 Å². The summed E-state index contributed by atoms with van der Waals surface area (Å²) in [4.78, 5) is 27.1. The number of rotatable bonds is 11. The van der Waals surface area contributed by atoms with Crippen LogP contribution in [0.5, 0.6) is 0 Å². The second-order valence-electron chi connectivity index (χ2n) is 8.06. The van der Waals surface area contributed by atoms with E-state index in [1.165, 1.54) is 28.4 Å². The molecule has 0 aromatic heterocycles. The summed E-state index contributed by atoms with van der Waals surface area (Å²) >= 11 is 6.07. The molecule has 0 spiro atoms. The van der Waals surface area contributed by atoms with E-state index in [-0.39, 0.29) is 37.7 Å². The second-order valence-corrected chi connectivity index (χ2v) is 10.4. The first-order chi connectivity index (χ1) is 16.0. The zero-order chi connectivity index (χ0) is 25.5. The van der Waals surface area contributed by atoms with Gasteiger partial charge < -0.3 is 10.2 Å². The molecule has 34 heavy (non-hydrogen) atoms. The molecule has 0 fully saturated rings. The molecular weight excluding hydrogens is 481 g/mol. The van der Waals surface area contributed by atoms with Crippen LogP contribution < -0.4 is 9.62 Å². The van der Waals surface area contributed by atoms with Gasteiger partial charge >= 0.3 is 0 Å². The monoisotopic (exact) mass is 511 g/mol. The van der Waals surface area contributed by atoms with Crippen LogP contribution in [0.3, 0.4) is 0 Å². The Morgan fingerprint density at radius 1 is 1.15 bits per heavy atom. The van der Waals surface area contributed by atoms with Gasteiger partial charge in [0.25, 0.3) is 0 Å². The number of hydrogen-bond donors (Lipinski definition) is 1. The molecule has 186 valence electrons. The molecule has 0 saturated carbocycles. The standard InChI is InChI=1S/C24H31ClFN3O4S/c1-5-21(24(31)27-3)28(16-18-9-12-20(26)13-10-18)23(30)7-6-14-29(34(4,32)33)22-15-19(25)11-8-17(22)2/h8-13,15,21H,5-7,14,16H2,1-4H3,(H,27,31). The summed E-state index contributed by atoms with van der Waals surface area (Å²) in [5.74, 6) is -0.988. The minimum Gasteiger partial charge on any atom is -0.357 e. The molecule has 2 aromatic carbocycles. The first-order valence-corrected chi connectivity index (χ1v) is 13.2. The molecular formula is C24H31ClFN3O4S. The molecule has 10 heteroatoms. The fourth-order valence-electron chi connectivity index (χ4n) is 3.71. The lowest BCUT2D eigenvalue weighted by molar-refractivity contribution is -0.141. The Kier molecular flexibility index (Phi) is 9.88. The highest BCUT2D eigenvalue weighted by Crippen LogP contribution is 2.27. The molecule has 7 nitrogen and oxygen atoms in total. The molecule has 2 rings (SSSR count). The summed E-state index contributed by atoms with van der Waals surface area (Å²) in [7, 11) is -2.11. The van der Waals surface area contributed by atoms with Crippen molar-refractivity contribution in [3.05, 3.63) is 64.4 Å². The Bertz CT molecular complexity index is 1110. The van der Waals surface area contributed by atoms with Gasteiger partial charge in [0.1, 0.15) is 11.9 Å². The van der Waals surface area contributed by atoms with Crippen LogP contribution in [0.15, 0.2) is 42.5 Å². The quantitative estimate of drug-likeness (QED) is 0.496. The van der Waals surface area contributed by atoms with Crippen LogP contribution in [-0.2, 0) is 26.2 Å². The van der Waals surface area contributed by atoms with Gasteiger partial charge in [-0.3, -0.25) is 13.9 Å². The average Bonchev–Trinajstić information content (AvgIpc) is 2.78. The molecule has 2 amide bonds. The fourth-order valence-corrected chi connectivity index (χ4v) is 4.89. The minimum absolute atomic E-state index is 0.0281. The molecule has 0 aliphatic heterocycles. The number of nitrogens with one attached hydrogen (secondary N) is 1. The van der Waals surface area contributed by atoms with Crippen LogP contribution in [0.4, 0.5) is 10.1 Å². The van der Waals surface area contributed by atoms with E-state index in [9.17, 15) is 22.4 Å². The van der Waals surface area contributed by atoms with E-state index in [4.69, 9.17) is 11.6 Å². The number of aryl methyl sites for hydroxylation is 1. The number of carbonyl (C=O) groups is 2. The number of likely N-dealkylation sites (N-methyl/N-ethyl adjacent to an activating group) is 1. The van der Waals surface area contributed by atoms with Gasteiger partial charge in [0.2, 0.25) is 21.8 Å². The number of benzene rings is 2. The maximum atomic E-state index is 13.3. The summed E-state index contributed by atoms with van der Waals surface area (Å²) in [6.07, 6.45) is 1.76. The van der Waals surface area contributed by atoms with Gasteiger partial charge in [0.15, 0.2) is 0 Å². The van der Waals surface area contributed by atoms with Crippen molar-refractivity contribution in [2.75, 3.05) is 24.2 Å². The van der Waals surface area contributed by atoms with Gasteiger partial charge in [-0.1, -0.05) is 36.7 Å². The van der Waals surface area contributed by atoms with Crippen molar-refractivity contribution in [1.29, 1.82) is 0 Å². The Hall–Kier alpha value is -2.65. The van der Waals surface area contributed by atoms with Crippen molar-refractivity contribution in [3.8, 4) is 0 Å². The molecule has 0 bridgehead atoms. The molecule has 2 aromatic rings. The van der Waals surface area contributed by atoms with E-state index in [0.29, 0.717) is 22.7 Å². The highest BCUT2D eigenvalue weighted by molar-refractivity contribution is 7.92. The number of amides is 2. The number of halogens is 2. The summed E-state index contributed by atoms with van der Waals surface area (Å²) in [5, 5.41) is 2.99. The van der Waals surface area contributed by atoms with E-state index < -0.39 is 21.9 Å². The highest BCUT2D eigenvalue weighted by Gasteiger charge is 2.28. The molecule has 0 radical (unpaired) electrons. The smallest absolute Gasteiger partial charge is 0.242 e. The van der Waals surface area contributed by atoms with Gasteiger partial charge in [0, 0.05) is 31.6 Å². The fraction of sp³-hybridized carbons (Fsp3) is 0.417. The van der Waals surface area contributed by atoms with Crippen molar-refractivity contribution in [1.82, 2.24) is 10.2 Å². The van der Waals surface area contributed by atoms with Gasteiger partial charge in [0.05, 0.1) is 11.9 Å². The normalized spacial score (nSPS) is 12.2. The number of nitrogens with zero attached hydrogens (tertiary/aromatic N) is 2. The largest absolute Gasteiger partial charge is 0.357 e. The maximum Gasteiger partial charge on any atom is 0.242 e. The second kappa shape index (κ2) is 12.2. The predicted molar refractivity (Wildman–Crippen MR) is 133 cm³/mol. The van der Waals surface area contributed by atoms with E-state index in [2.05, 4.69) is 5.32 Å². The SMILES string of the molecule is CCC(C(=O)NC)N(Cc1ccc(F)cc1)C(=O)CCCN(c1cc(Cl)ccc1C)S(C)(=O)=O. The van der Waals surface area contributed by atoms with Crippen LogP contribution in [0, 0.1) is 12.7 Å². The molecule has 0 aliphatic rings. The first-order valence-electron chi connectivity index (χ1n) is 11.0. The number of anilines is 1. The highest BCUT2D eigenvalue weighted by atomic mass is 35.5. The van der Waals surface area contributed by atoms with Crippen LogP contribution in [0.2, 0.25) is 5.02 Å². The van der Waals surface area contributed by atoms with Crippen molar-refractivity contribution in [2.24, 2.45) is 0 Å². The third-order valence-corrected chi connectivity index (χ3v) is 6.91. The van der Waals surface area contributed by atoms with Gasteiger partial charge in [-0.25, -0.2) is 12.8 Å². The predicted octanol–water partition coefficient (Wildman–Crippen LogP) is 3.89. The molecule has 0 heterocycles. The third-order valence-electron chi connectivity index (χ3n) is 5.49. The van der Waals surface area contributed by atoms with Crippen LogP contribution >= 0.6 is 11.6 Å².